The molecule has 0 saturated carbocycles. The molecule has 4 unspecified atom stereocenters. The molecule has 4 atom stereocenters. The summed E-state index contributed by atoms with van der Waals surface area (Å²) >= 11 is 0. The normalized spacial score (nSPS) is 20.8. The summed E-state index contributed by atoms with van der Waals surface area (Å²) in [5.74, 6) is -1.64. The molecule has 6 rings (SSSR count). The number of likely N-dealkylation sites (N-methyl/N-ethyl adjacent to an activating group) is 2. The quantitative estimate of drug-likeness (QED) is 0.102. The molecule has 0 saturated heterocycles. The van der Waals surface area contributed by atoms with Crippen molar-refractivity contribution in [1.29, 1.82) is 0 Å². The van der Waals surface area contributed by atoms with Crippen molar-refractivity contribution < 1.29 is 54.9 Å². The van der Waals surface area contributed by atoms with Gasteiger partial charge in [0.1, 0.15) is 23.7 Å². The lowest BCUT2D eigenvalue weighted by molar-refractivity contribution is -0.158. The van der Waals surface area contributed by atoms with Crippen LogP contribution in [0.15, 0.2) is 109 Å². The molecule has 272 valence electrons. The van der Waals surface area contributed by atoms with Gasteiger partial charge < -0.3 is 18.9 Å². The maximum absolute atomic E-state index is 13.3. The molecule has 0 aliphatic carbocycles. The number of carbonyl (C=O) groups is 2. The molecule has 0 radical (unpaired) electrons. The summed E-state index contributed by atoms with van der Waals surface area (Å²) in [5.41, 5.74) is 0.666. The van der Waals surface area contributed by atoms with Gasteiger partial charge in [0.05, 0.1) is 11.1 Å². The van der Waals surface area contributed by atoms with E-state index >= 15 is 0 Å². The zero-order chi connectivity index (χ0) is 37.2. The number of rotatable bonds is 8. The number of nitrogens with zero attached hydrogens (tertiary/aromatic N) is 2. The first-order valence-electron chi connectivity index (χ1n) is 16.0. The third kappa shape index (κ3) is 8.24. The van der Waals surface area contributed by atoms with E-state index in [4.69, 9.17) is 18.9 Å². The minimum absolute atomic E-state index is 0.0323. The minimum Gasteiger partial charge on any atom is -0.484 e. The molecule has 52 heavy (non-hydrogen) atoms. The van der Waals surface area contributed by atoms with Gasteiger partial charge in [0.15, 0.2) is 12.5 Å². The summed E-state index contributed by atoms with van der Waals surface area (Å²) in [6.07, 6.45) is -10.3. The summed E-state index contributed by atoms with van der Waals surface area (Å²) in [4.78, 5) is 29.2. The van der Waals surface area contributed by atoms with E-state index in [9.17, 15) is 35.9 Å². The second-order valence-corrected chi connectivity index (χ2v) is 12.3. The van der Waals surface area contributed by atoms with Crippen molar-refractivity contribution in [2.24, 2.45) is 0 Å². The number of fused-ring (bicyclic) bond motifs is 2. The summed E-state index contributed by atoms with van der Waals surface area (Å²) in [6.45, 7) is 0.339. The zero-order valence-electron chi connectivity index (χ0n) is 27.7. The van der Waals surface area contributed by atoms with Crippen LogP contribution in [0.1, 0.15) is 58.0 Å². The van der Waals surface area contributed by atoms with Crippen LogP contribution in [-0.4, -0.2) is 48.9 Å². The Labute approximate surface area is 294 Å². The first-order valence-corrected chi connectivity index (χ1v) is 16.0. The van der Waals surface area contributed by atoms with E-state index in [-0.39, 0.29) is 24.6 Å². The average Bonchev–Trinajstić information content (AvgIpc) is 3.10. The van der Waals surface area contributed by atoms with Gasteiger partial charge in [-0.25, -0.2) is 9.59 Å². The van der Waals surface area contributed by atoms with Gasteiger partial charge in [-0.15, -0.1) is 0 Å². The molecule has 0 amide bonds. The highest BCUT2D eigenvalue weighted by molar-refractivity contribution is 5.91. The molecule has 14 heteroatoms. The van der Waals surface area contributed by atoms with E-state index in [1.165, 1.54) is 24.3 Å². The lowest BCUT2D eigenvalue weighted by Gasteiger charge is -2.38. The molecular weight excluding hydrogens is 694 g/mol. The molecule has 0 N–H and O–H groups in total. The van der Waals surface area contributed by atoms with Gasteiger partial charge in [-0.2, -0.15) is 26.3 Å². The fraction of sp³-hybridized carbons (Fsp3) is 0.263. The van der Waals surface area contributed by atoms with Gasteiger partial charge in [-0.05, 0) is 50.5 Å². The number of esters is 2. The smallest absolute Gasteiger partial charge is 0.416 e. The van der Waals surface area contributed by atoms with Gasteiger partial charge >= 0.3 is 24.3 Å². The number of carbonyl (C=O) groups excluding carboxylic acids is 2. The first kappa shape index (κ1) is 36.5. The Morgan fingerprint density at radius 2 is 0.942 bits per heavy atom. The van der Waals surface area contributed by atoms with E-state index < -0.39 is 60.1 Å². The van der Waals surface area contributed by atoms with Crippen LogP contribution in [0.3, 0.4) is 0 Å². The van der Waals surface area contributed by atoms with Crippen LogP contribution in [0, 0.1) is 0 Å². The monoisotopic (exact) mass is 726 g/mol. The molecular formula is C38H32F6N2O6. The molecule has 0 aromatic heterocycles. The van der Waals surface area contributed by atoms with Gasteiger partial charge in [-0.3, -0.25) is 9.80 Å². The standard InChI is InChI=1S/C38H32F6N2O6/c1-45-21-31(49-25-11-7-9-23(19-25)37(39,40)41)27-13-3-5-15-29(27)35(45)51-33(47)17-18-34(48)52-36-30-16-6-4-14-28(30)32(22-46(36)2)50-26-12-8-10-24(20-26)38(42,43)44/h3-20,31-32,35-36H,21-22H2,1-2H3/b18-17-. The number of alkyl halides is 6. The summed E-state index contributed by atoms with van der Waals surface area (Å²) in [7, 11) is 3.32. The lowest BCUT2D eigenvalue weighted by Crippen LogP contribution is -2.39. The predicted molar refractivity (Wildman–Crippen MR) is 175 cm³/mol. The lowest BCUT2D eigenvalue weighted by atomic mass is 9.96. The first-order chi connectivity index (χ1) is 24.7. The van der Waals surface area contributed by atoms with Crippen molar-refractivity contribution in [1.82, 2.24) is 9.80 Å². The van der Waals surface area contributed by atoms with Crippen molar-refractivity contribution in [3.63, 3.8) is 0 Å². The van der Waals surface area contributed by atoms with Crippen LogP contribution in [0.5, 0.6) is 11.5 Å². The third-order valence-electron chi connectivity index (χ3n) is 8.62. The topological polar surface area (TPSA) is 77.5 Å². The van der Waals surface area contributed by atoms with Crippen molar-refractivity contribution >= 4 is 11.9 Å². The van der Waals surface area contributed by atoms with E-state index in [0.717, 1.165) is 36.4 Å². The molecule has 0 fully saturated rings. The largest absolute Gasteiger partial charge is 0.484 e. The number of hydrogen-bond donors (Lipinski definition) is 0. The fourth-order valence-corrected chi connectivity index (χ4v) is 6.21. The zero-order valence-corrected chi connectivity index (χ0v) is 27.7. The number of halogens is 6. The van der Waals surface area contributed by atoms with Crippen molar-refractivity contribution in [2.45, 2.75) is 37.0 Å². The molecule has 4 aromatic carbocycles. The SMILES string of the molecule is CN1CC(Oc2cccc(C(F)(F)F)c2)c2ccccc2C1OC(=O)/C=C\C(=O)OC1c2ccccc2C(Oc2cccc(C(F)(F)F)c2)CN1C. The molecule has 8 nitrogen and oxygen atoms in total. The van der Waals surface area contributed by atoms with Crippen LogP contribution in [0.25, 0.3) is 0 Å². The average molecular weight is 727 g/mol. The van der Waals surface area contributed by atoms with Crippen LogP contribution < -0.4 is 9.47 Å². The van der Waals surface area contributed by atoms with Crippen molar-refractivity contribution in [2.75, 3.05) is 27.2 Å². The maximum atomic E-state index is 13.3. The van der Waals surface area contributed by atoms with Gasteiger partial charge in [0.2, 0.25) is 0 Å². The van der Waals surface area contributed by atoms with Crippen LogP contribution in [0.2, 0.25) is 0 Å². The maximum Gasteiger partial charge on any atom is 0.416 e. The Hall–Kier alpha value is -5.34. The second-order valence-electron chi connectivity index (χ2n) is 12.3. The van der Waals surface area contributed by atoms with Crippen molar-refractivity contribution in [3.8, 4) is 11.5 Å². The second kappa shape index (κ2) is 14.7. The Balaban J connectivity index is 1.11. The van der Waals surface area contributed by atoms with Crippen molar-refractivity contribution in [3.05, 3.63) is 143 Å². The number of benzene rings is 4. The van der Waals surface area contributed by atoms with Crippen LogP contribution in [0.4, 0.5) is 26.3 Å². The Morgan fingerprint density at radius 3 is 1.31 bits per heavy atom. The molecule has 0 spiro atoms. The fourth-order valence-electron chi connectivity index (χ4n) is 6.21. The molecule has 2 aliphatic heterocycles. The Morgan fingerprint density at radius 1 is 0.577 bits per heavy atom. The highest BCUT2D eigenvalue weighted by Gasteiger charge is 2.37. The van der Waals surface area contributed by atoms with Crippen LogP contribution in [-0.2, 0) is 31.4 Å². The predicted octanol–water partition coefficient (Wildman–Crippen LogP) is 8.20. The number of ether oxygens (including phenoxy) is 4. The summed E-state index contributed by atoms with van der Waals surface area (Å²) in [5, 5.41) is 0. The van der Waals surface area contributed by atoms with E-state index in [0.29, 0.717) is 22.3 Å². The summed E-state index contributed by atoms with van der Waals surface area (Å²) < 4.78 is 103. The van der Waals surface area contributed by atoms with E-state index in [2.05, 4.69) is 0 Å². The van der Waals surface area contributed by atoms with Crippen LogP contribution >= 0.6 is 0 Å². The van der Waals surface area contributed by atoms with Gasteiger partial charge in [-0.1, -0.05) is 60.7 Å². The molecule has 4 aromatic rings. The minimum atomic E-state index is -4.53. The highest BCUT2D eigenvalue weighted by Crippen LogP contribution is 2.40. The molecule has 2 heterocycles. The Kier molecular flexibility index (Phi) is 10.3. The molecule has 2 aliphatic rings. The Bertz CT molecular complexity index is 1830. The number of hydrogen-bond acceptors (Lipinski definition) is 8. The van der Waals surface area contributed by atoms with Gasteiger partial charge in [0.25, 0.3) is 0 Å². The third-order valence-corrected chi connectivity index (χ3v) is 8.62. The van der Waals surface area contributed by atoms with E-state index in [1.807, 2.05) is 0 Å². The summed E-state index contributed by atoms with van der Waals surface area (Å²) in [6, 6.07) is 23.0. The highest BCUT2D eigenvalue weighted by atomic mass is 19.4. The van der Waals surface area contributed by atoms with E-state index in [1.54, 1.807) is 72.4 Å². The van der Waals surface area contributed by atoms with Gasteiger partial charge in [0, 0.05) is 47.5 Å². The molecule has 0 bridgehead atoms.